The number of hydrogen-bond donors (Lipinski definition) is 1. The fourth-order valence-electron chi connectivity index (χ4n) is 1.24. The van der Waals surface area contributed by atoms with Crippen molar-refractivity contribution in [2.75, 3.05) is 19.6 Å². The number of cyclic esters (lactones) is 1. The highest BCUT2D eigenvalue weighted by molar-refractivity contribution is 5.86. The van der Waals surface area contributed by atoms with Gasteiger partial charge in [0.15, 0.2) is 0 Å². The van der Waals surface area contributed by atoms with Crippen molar-refractivity contribution in [1.29, 1.82) is 0 Å². The summed E-state index contributed by atoms with van der Waals surface area (Å²) in [5.41, 5.74) is 0. The van der Waals surface area contributed by atoms with Crippen LogP contribution in [0.2, 0.25) is 0 Å². The predicted octanol–water partition coefficient (Wildman–Crippen LogP) is 0.129. The van der Waals surface area contributed by atoms with E-state index in [1.165, 1.54) is 6.08 Å². The van der Waals surface area contributed by atoms with Gasteiger partial charge in [0.05, 0.1) is 6.54 Å². The van der Waals surface area contributed by atoms with Crippen molar-refractivity contribution in [2.45, 2.75) is 13.0 Å². The van der Waals surface area contributed by atoms with E-state index < -0.39 is 0 Å². The number of nitrogens with zero attached hydrogens (tertiary/aromatic N) is 1. The number of carbonyl (C=O) groups is 2. The second-order valence-corrected chi connectivity index (χ2v) is 3.14. The van der Waals surface area contributed by atoms with E-state index in [-0.39, 0.29) is 18.1 Å². The lowest BCUT2D eigenvalue weighted by Crippen LogP contribution is -2.34. The second kappa shape index (κ2) is 4.64. The molecule has 5 nitrogen and oxygen atoms in total. The van der Waals surface area contributed by atoms with Gasteiger partial charge < -0.3 is 15.0 Å². The molecule has 1 fully saturated rings. The summed E-state index contributed by atoms with van der Waals surface area (Å²) < 4.78 is 4.91. The van der Waals surface area contributed by atoms with Gasteiger partial charge in [-0.05, 0) is 13.0 Å². The molecule has 0 saturated carbocycles. The summed E-state index contributed by atoms with van der Waals surface area (Å²) in [6, 6.07) is 0. The lowest BCUT2D eigenvalue weighted by Gasteiger charge is -2.12. The molecule has 2 amide bonds. The number of amides is 2. The molecule has 1 atom stereocenters. The minimum atomic E-state index is -0.314. The summed E-state index contributed by atoms with van der Waals surface area (Å²) in [5, 5.41) is 2.59. The van der Waals surface area contributed by atoms with Crippen molar-refractivity contribution < 1.29 is 14.3 Å². The molecule has 0 aromatic carbocycles. The van der Waals surface area contributed by atoms with Gasteiger partial charge in [0.1, 0.15) is 6.10 Å². The van der Waals surface area contributed by atoms with E-state index >= 15 is 0 Å². The van der Waals surface area contributed by atoms with Gasteiger partial charge in [-0.25, -0.2) is 4.79 Å². The molecule has 1 unspecified atom stereocenters. The largest absolute Gasteiger partial charge is 0.445 e. The van der Waals surface area contributed by atoms with Crippen LogP contribution in [0.25, 0.3) is 0 Å². The van der Waals surface area contributed by atoms with Gasteiger partial charge in [0.25, 0.3) is 0 Å². The highest BCUT2D eigenvalue weighted by atomic mass is 16.6. The molecule has 1 heterocycles. The molecule has 1 aliphatic heterocycles. The van der Waals surface area contributed by atoms with Crippen LogP contribution in [0.5, 0.6) is 0 Å². The highest BCUT2D eigenvalue weighted by Gasteiger charge is 2.27. The number of carbonyl (C=O) groups excluding carboxylic acids is 2. The SMILES string of the molecule is C=CC(=O)NCCN1CC(C)OC1=O. The predicted molar refractivity (Wildman–Crippen MR) is 50.7 cm³/mol. The Bertz CT molecular complexity index is 252. The van der Waals surface area contributed by atoms with Crippen molar-refractivity contribution in [3.05, 3.63) is 12.7 Å². The number of hydrogen-bond acceptors (Lipinski definition) is 3. The van der Waals surface area contributed by atoms with Gasteiger partial charge >= 0.3 is 6.09 Å². The molecule has 1 rings (SSSR count). The third-order valence-electron chi connectivity index (χ3n) is 1.90. The zero-order valence-electron chi connectivity index (χ0n) is 8.16. The van der Waals surface area contributed by atoms with E-state index in [0.29, 0.717) is 19.6 Å². The molecule has 1 saturated heterocycles. The molecule has 14 heavy (non-hydrogen) atoms. The van der Waals surface area contributed by atoms with Crippen LogP contribution in [0, 0.1) is 0 Å². The zero-order valence-corrected chi connectivity index (χ0v) is 8.16. The summed E-state index contributed by atoms with van der Waals surface area (Å²) in [4.78, 5) is 23.4. The van der Waals surface area contributed by atoms with Gasteiger partial charge in [-0.2, -0.15) is 0 Å². The van der Waals surface area contributed by atoms with E-state index in [0.717, 1.165) is 0 Å². The van der Waals surface area contributed by atoms with Gasteiger partial charge in [-0.15, -0.1) is 0 Å². The maximum Gasteiger partial charge on any atom is 0.410 e. The Kier molecular flexibility index (Phi) is 3.50. The molecular weight excluding hydrogens is 184 g/mol. The van der Waals surface area contributed by atoms with E-state index in [4.69, 9.17) is 4.74 Å². The third-order valence-corrected chi connectivity index (χ3v) is 1.90. The fourth-order valence-corrected chi connectivity index (χ4v) is 1.24. The van der Waals surface area contributed by atoms with E-state index in [1.807, 2.05) is 6.92 Å². The first-order chi connectivity index (χ1) is 6.63. The van der Waals surface area contributed by atoms with Gasteiger partial charge in [0, 0.05) is 13.1 Å². The average Bonchev–Trinajstić information content (AvgIpc) is 2.45. The van der Waals surface area contributed by atoms with Crippen molar-refractivity contribution in [3.8, 4) is 0 Å². The van der Waals surface area contributed by atoms with E-state index in [1.54, 1.807) is 4.90 Å². The van der Waals surface area contributed by atoms with Crippen molar-refractivity contribution in [3.63, 3.8) is 0 Å². The lowest BCUT2D eigenvalue weighted by atomic mass is 10.4. The van der Waals surface area contributed by atoms with Crippen LogP contribution >= 0.6 is 0 Å². The molecule has 78 valence electrons. The quantitative estimate of drug-likeness (QED) is 0.653. The Morgan fingerprint density at radius 3 is 3.07 bits per heavy atom. The number of ether oxygens (including phenoxy) is 1. The van der Waals surface area contributed by atoms with Crippen molar-refractivity contribution >= 4 is 12.0 Å². The first-order valence-corrected chi connectivity index (χ1v) is 4.49. The second-order valence-electron chi connectivity index (χ2n) is 3.14. The molecule has 0 spiro atoms. The number of rotatable bonds is 4. The van der Waals surface area contributed by atoms with Gasteiger partial charge in [0.2, 0.25) is 5.91 Å². The molecule has 1 aliphatic rings. The average molecular weight is 198 g/mol. The standard InChI is InChI=1S/C9H14N2O3/c1-3-8(12)10-4-5-11-6-7(2)14-9(11)13/h3,7H,1,4-6H2,2H3,(H,10,12). The zero-order chi connectivity index (χ0) is 10.6. The summed E-state index contributed by atoms with van der Waals surface area (Å²) in [7, 11) is 0. The Morgan fingerprint density at radius 1 is 1.86 bits per heavy atom. The topological polar surface area (TPSA) is 58.6 Å². The number of nitrogens with one attached hydrogen (secondary N) is 1. The first kappa shape index (κ1) is 10.6. The molecule has 0 aromatic heterocycles. The molecule has 1 N–H and O–H groups in total. The van der Waals surface area contributed by atoms with Crippen LogP contribution < -0.4 is 5.32 Å². The Labute approximate surface area is 82.7 Å². The van der Waals surface area contributed by atoms with E-state index in [2.05, 4.69) is 11.9 Å². The van der Waals surface area contributed by atoms with Crippen molar-refractivity contribution in [1.82, 2.24) is 10.2 Å². The monoisotopic (exact) mass is 198 g/mol. The summed E-state index contributed by atoms with van der Waals surface area (Å²) in [5.74, 6) is -0.231. The molecule has 5 heteroatoms. The van der Waals surface area contributed by atoms with Crippen LogP contribution in [0.3, 0.4) is 0 Å². The first-order valence-electron chi connectivity index (χ1n) is 4.49. The van der Waals surface area contributed by atoms with Crippen molar-refractivity contribution in [2.24, 2.45) is 0 Å². The van der Waals surface area contributed by atoms with Gasteiger partial charge in [-0.1, -0.05) is 6.58 Å². The highest BCUT2D eigenvalue weighted by Crippen LogP contribution is 2.08. The molecular formula is C9H14N2O3. The summed E-state index contributed by atoms with van der Waals surface area (Å²) in [6.45, 7) is 6.64. The summed E-state index contributed by atoms with van der Waals surface area (Å²) in [6.07, 6.45) is 0.827. The van der Waals surface area contributed by atoms with Crippen LogP contribution in [0.1, 0.15) is 6.92 Å². The Morgan fingerprint density at radius 2 is 2.57 bits per heavy atom. The van der Waals surface area contributed by atoms with Crippen LogP contribution in [-0.2, 0) is 9.53 Å². The van der Waals surface area contributed by atoms with Gasteiger partial charge in [-0.3, -0.25) is 4.79 Å². The Hall–Kier alpha value is -1.52. The molecule has 0 aliphatic carbocycles. The maximum absolute atomic E-state index is 11.1. The molecule has 0 radical (unpaired) electrons. The summed E-state index contributed by atoms with van der Waals surface area (Å²) >= 11 is 0. The molecule has 0 bridgehead atoms. The normalized spacial score (nSPS) is 20.5. The maximum atomic E-state index is 11.1. The fraction of sp³-hybridized carbons (Fsp3) is 0.556. The minimum absolute atomic E-state index is 0.0578. The lowest BCUT2D eigenvalue weighted by molar-refractivity contribution is -0.116. The smallest absolute Gasteiger partial charge is 0.410 e. The van der Waals surface area contributed by atoms with E-state index in [9.17, 15) is 9.59 Å². The minimum Gasteiger partial charge on any atom is -0.445 e. The van der Waals surface area contributed by atoms with Crippen LogP contribution in [-0.4, -0.2) is 42.6 Å². The third kappa shape index (κ3) is 2.76. The van der Waals surface area contributed by atoms with Crippen LogP contribution in [0.4, 0.5) is 4.79 Å². The molecule has 0 aromatic rings. The van der Waals surface area contributed by atoms with Crippen LogP contribution in [0.15, 0.2) is 12.7 Å². The Balaban J connectivity index is 2.22.